The van der Waals surface area contributed by atoms with Gasteiger partial charge in [-0.3, -0.25) is 5.10 Å². The SMILES string of the molecule is [CH2]c1c(Cl)cc(OC)cc1-c1cc(C)n[nH]1. The van der Waals surface area contributed by atoms with E-state index in [0.29, 0.717) is 10.8 Å². The first kappa shape index (κ1) is 11.0. The molecule has 16 heavy (non-hydrogen) atoms. The first-order valence-electron chi connectivity index (χ1n) is 4.83. The van der Waals surface area contributed by atoms with E-state index in [-0.39, 0.29) is 0 Å². The van der Waals surface area contributed by atoms with Crippen LogP contribution < -0.4 is 4.74 Å². The predicted molar refractivity (Wildman–Crippen MR) is 64.8 cm³/mol. The van der Waals surface area contributed by atoms with Gasteiger partial charge in [-0.25, -0.2) is 0 Å². The molecule has 0 saturated carbocycles. The zero-order valence-electron chi connectivity index (χ0n) is 9.17. The van der Waals surface area contributed by atoms with Crippen molar-refractivity contribution in [2.24, 2.45) is 0 Å². The van der Waals surface area contributed by atoms with Crippen LogP contribution in [0.5, 0.6) is 5.75 Å². The van der Waals surface area contributed by atoms with Gasteiger partial charge in [0.1, 0.15) is 5.75 Å². The van der Waals surface area contributed by atoms with Crippen molar-refractivity contribution in [2.45, 2.75) is 6.92 Å². The summed E-state index contributed by atoms with van der Waals surface area (Å²) in [6, 6.07) is 5.58. The van der Waals surface area contributed by atoms with Crippen LogP contribution in [-0.2, 0) is 0 Å². The molecule has 1 aromatic carbocycles. The van der Waals surface area contributed by atoms with Crippen molar-refractivity contribution >= 4 is 11.6 Å². The number of aryl methyl sites for hydroxylation is 1. The van der Waals surface area contributed by atoms with Gasteiger partial charge in [0.2, 0.25) is 0 Å². The van der Waals surface area contributed by atoms with Gasteiger partial charge in [-0.05, 0) is 37.6 Å². The number of ether oxygens (including phenoxy) is 1. The van der Waals surface area contributed by atoms with Gasteiger partial charge in [-0.1, -0.05) is 11.6 Å². The van der Waals surface area contributed by atoms with E-state index in [4.69, 9.17) is 16.3 Å². The second-order valence-electron chi connectivity index (χ2n) is 3.56. The molecular weight excluding hydrogens is 224 g/mol. The van der Waals surface area contributed by atoms with Gasteiger partial charge in [0.25, 0.3) is 0 Å². The maximum Gasteiger partial charge on any atom is 0.121 e. The lowest BCUT2D eigenvalue weighted by atomic mass is 10.1. The van der Waals surface area contributed by atoms with Crippen LogP contribution in [0.2, 0.25) is 5.02 Å². The van der Waals surface area contributed by atoms with Gasteiger partial charge in [0, 0.05) is 10.6 Å². The number of rotatable bonds is 2. The van der Waals surface area contributed by atoms with Crippen molar-refractivity contribution in [3.63, 3.8) is 0 Å². The maximum absolute atomic E-state index is 6.08. The van der Waals surface area contributed by atoms with E-state index in [1.54, 1.807) is 13.2 Å². The van der Waals surface area contributed by atoms with E-state index >= 15 is 0 Å². The highest BCUT2D eigenvalue weighted by molar-refractivity contribution is 6.32. The molecule has 0 atom stereocenters. The molecule has 0 aliphatic heterocycles. The largest absolute Gasteiger partial charge is 0.497 e. The maximum atomic E-state index is 6.08. The first-order valence-corrected chi connectivity index (χ1v) is 5.21. The minimum absolute atomic E-state index is 0.585. The number of aromatic nitrogens is 2. The number of aromatic amines is 1. The summed E-state index contributed by atoms with van der Waals surface area (Å²) < 4.78 is 5.17. The molecule has 0 spiro atoms. The standard InChI is InChI=1S/C12H12ClN2O/c1-7-4-12(15-14-7)10-5-9(16-3)6-11(13)8(10)2/h4-6H,2H2,1,3H3,(H,14,15). The second kappa shape index (κ2) is 4.18. The normalized spacial score (nSPS) is 10.5. The number of benzene rings is 1. The van der Waals surface area contributed by atoms with Gasteiger partial charge in [0.05, 0.1) is 18.5 Å². The molecule has 0 amide bonds. The molecule has 0 aliphatic rings. The summed E-state index contributed by atoms with van der Waals surface area (Å²) in [6.07, 6.45) is 0. The van der Waals surface area contributed by atoms with Crippen molar-refractivity contribution in [1.29, 1.82) is 0 Å². The third-order valence-corrected chi connectivity index (χ3v) is 2.74. The van der Waals surface area contributed by atoms with Gasteiger partial charge >= 0.3 is 0 Å². The fraction of sp³-hybridized carbons (Fsp3) is 0.167. The topological polar surface area (TPSA) is 37.9 Å². The monoisotopic (exact) mass is 235 g/mol. The average molecular weight is 236 g/mol. The molecule has 2 rings (SSSR count). The molecule has 0 unspecified atom stereocenters. The molecule has 0 aliphatic carbocycles. The van der Waals surface area contributed by atoms with Crippen LogP contribution in [-0.4, -0.2) is 17.3 Å². The summed E-state index contributed by atoms with van der Waals surface area (Å²) in [5, 5.41) is 7.60. The minimum Gasteiger partial charge on any atom is -0.497 e. The summed E-state index contributed by atoms with van der Waals surface area (Å²) in [7, 11) is 1.61. The van der Waals surface area contributed by atoms with Crippen LogP contribution in [0.3, 0.4) is 0 Å². The molecular formula is C12H12ClN2O. The zero-order valence-corrected chi connectivity index (χ0v) is 9.93. The molecule has 3 nitrogen and oxygen atoms in total. The van der Waals surface area contributed by atoms with Gasteiger partial charge < -0.3 is 4.74 Å². The lowest BCUT2D eigenvalue weighted by Gasteiger charge is -2.08. The molecule has 2 aromatic rings. The minimum atomic E-state index is 0.585. The third-order valence-electron chi connectivity index (χ3n) is 2.40. The Balaban J connectivity index is 2.59. The van der Waals surface area contributed by atoms with Crippen LogP contribution in [0.1, 0.15) is 11.3 Å². The number of nitrogens with zero attached hydrogens (tertiary/aromatic N) is 1. The summed E-state index contributed by atoms with van der Waals surface area (Å²) >= 11 is 6.08. The van der Waals surface area contributed by atoms with Crippen molar-refractivity contribution in [2.75, 3.05) is 7.11 Å². The van der Waals surface area contributed by atoms with Crippen molar-refractivity contribution in [3.8, 4) is 17.0 Å². The molecule has 0 saturated heterocycles. The highest BCUT2D eigenvalue weighted by Gasteiger charge is 2.10. The Morgan fingerprint density at radius 2 is 2.12 bits per heavy atom. The first-order chi connectivity index (χ1) is 7.61. The molecule has 4 heteroatoms. The Morgan fingerprint density at radius 1 is 1.38 bits per heavy atom. The number of halogens is 1. The van der Waals surface area contributed by atoms with Crippen LogP contribution >= 0.6 is 11.6 Å². The second-order valence-corrected chi connectivity index (χ2v) is 3.97. The molecule has 1 N–H and O–H groups in total. The summed E-state index contributed by atoms with van der Waals surface area (Å²) in [5.41, 5.74) is 3.49. The van der Waals surface area contributed by atoms with Gasteiger partial charge in [-0.2, -0.15) is 5.10 Å². The quantitative estimate of drug-likeness (QED) is 0.868. The third kappa shape index (κ3) is 1.91. The van der Waals surface area contributed by atoms with Gasteiger partial charge in [0.15, 0.2) is 0 Å². The fourth-order valence-corrected chi connectivity index (χ4v) is 1.74. The van der Waals surface area contributed by atoms with E-state index in [2.05, 4.69) is 17.1 Å². The molecule has 1 radical (unpaired) electrons. The van der Waals surface area contributed by atoms with Crippen LogP contribution in [0.15, 0.2) is 18.2 Å². The Morgan fingerprint density at radius 3 is 2.69 bits per heavy atom. The zero-order chi connectivity index (χ0) is 11.7. The van der Waals surface area contributed by atoms with Crippen molar-refractivity contribution in [1.82, 2.24) is 10.2 Å². The van der Waals surface area contributed by atoms with Crippen molar-refractivity contribution < 1.29 is 4.74 Å². The summed E-state index contributed by atoms with van der Waals surface area (Å²) in [6.45, 7) is 5.87. The lowest BCUT2D eigenvalue weighted by Crippen LogP contribution is -1.89. The van der Waals surface area contributed by atoms with E-state index in [9.17, 15) is 0 Å². The highest BCUT2D eigenvalue weighted by atomic mass is 35.5. The summed E-state index contributed by atoms with van der Waals surface area (Å²) in [5.74, 6) is 0.708. The number of nitrogens with one attached hydrogen (secondary N) is 1. The van der Waals surface area contributed by atoms with E-state index in [1.165, 1.54) is 0 Å². The van der Waals surface area contributed by atoms with Crippen molar-refractivity contribution in [3.05, 3.63) is 41.4 Å². The number of hydrogen-bond donors (Lipinski definition) is 1. The number of H-pyrrole nitrogens is 1. The molecule has 1 aromatic heterocycles. The van der Waals surface area contributed by atoms with Crippen LogP contribution in [0.25, 0.3) is 11.3 Å². The van der Waals surface area contributed by atoms with E-state index in [0.717, 1.165) is 22.5 Å². The van der Waals surface area contributed by atoms with E-state index < -0.39 is 0 Å². The number of methoxy groups -OCH3 is 1. The molecule has 83 valence electrons. The molecule has 0 bridgehead atoms. The predicted octanol–water partition coefficient (Wildman–Crippen LogP) is 3.23. The lowest BCUT2D eigenvalue weighted by molar-refractivity contribution is 0.415. The van der Waals surface area contributed by atoms with Crippen LogP contribution in [0.4, 0.5) is 0 Å². The van der Waals surface area contributed by atoms with Gasteiger partial charge in [-0.15, -0.1) is 0 Å². The Hall–Kier alpha value is -1.48. The Kier molecular flexibility index (Phi) is 2.88. The highest BCUT2D eigenvalue weighted by Crippen LogP contribution is 2.32. The fourth-order valence-electron chi connectivity index (χ4n) is 1.53. The summed E-state index contributed by atoms with van der Waals surface area (Å²) in [4.78, 5) is 0. The molecule has 0 fully saturated rings. The van der Waals surface area contributed by atoms with Crippen LogP contribution in [0, 0.1) is 13.8 Å². The Labute approximate surface area is 99.4 Å². The Bertz CT molecular complexity index is 520. The average Bonchev–Trinajstić information content (AvgIpc) is 2.68. The molecule has 1 heterocycles. The number of hydrogen-bond acceptors (Lipinski definition) is 2. The smallest absolute Gasteiger partial charge is 0.121 e. The van der Waals surface area contributed by atoms with E-state index in [1.807, 2.05) is 19.1 Å².